The Morgan fingerprint density at radius 1 is 0.862 bits per heavy atom. The van der Waals surface area contributed by atoms with Crippen LogP contribution in [-0.4, -0.2) is 5.78 Å². The van der Waals surface area contributed by atoms with E-state index in [9.17, 15) is 4.79 Å². The van der Waals surface area contributed by atoms with Crippen molar-refractivity contribution in [2.75, 3.05) is 0 Å². The van der Waals surface area contributed by atoms with Gasteiger partial charge in [-0.25, -0.2) is 0 Å². The number of carbonyl (C=O) groups is 1. The van der Waals surface area contributed by atoms with E-state index in [1.807, 2.05) is 12.1 Å². The van der Waals surface area contributed by atoms with Crippen molar-refractivity contribution in [2.24, 2.45) is 0 Å². The van der Waals surface area contributed by atoms with Crippen LogP contribution in [0.2, 0.25) is 0 Å². The number of ketones is 1. The van der Waals surface area contributed by atoms with Gasteiger partial charge in [-0.3, -0.25) is 4.79 Å². The molecule has 0 amide bonds. The third-order valence-corrected chi connectivity index (χ3v) is 5.05. The molecule has 0 atom stereocenters. The van der Waals surface area contributed by atoms with Crippen molar-refractivity contribution in [3.05, 3.63) is 120 Å². The van der Waals surface area contributed by atoms with Crippen LogP contribution in [0.4, 0.5) is 0 Å². The molecule has 0 aliphatic rings. The average molecular weight is 385 g/mol. The Bertz CT molecular complexity index is 919. The fourth-order valence-electron chi connectivity index (χ4n) is 3.41. The molecular weight excluding hydrogens is 356 g/mol. The first kappa shape index (κ1) is 20.6. The number of hydrogen-bond donors (Lipinski definition) is 0. The monoisotopic (exact) mass is 384 g/mol. The topological polar surface area (TPSA) is 30.2 Å². The smallest absolute Gasteiger partial charge is 0.202 e. The van der Waals surface area contributed by atoms with Crippen molar-refractivity contribution in [1.29, 1.82) is 0 Å². The van der Waals surface area contributed by atoms with Crippen LogP contribution in [0.15, 0.2) is 107 Å². The van der Waals surface area contributed by atoms with E-state index in [4.69, 9.17) is 4.42 Å². The molecule has 2 heteroatoms. The minimum absolute atomic E-state index is 0.00479. The molecule has 1 heterocycles. The van der Waals surface area contributed by atoms with Gasteiger partial charge in [0.25, 0.3) is 0 Å². The molecule has 0 radical (unpaired) electrons. The molecule has 148 valence electrons. The fourth-order valence-corrected chi connectivity index (χ4v) is 3.41. The Balaban J connectivity index is 1.61. The van der Waals surface area contributed by atoms with Gasteiger partial charge in [-0.15, -0.1) is 0 Å². The lowest BCUT2D eigenvalue weighted by atomic mass is 9.94. The van der Waals surface area contributed by atoms with Crippen molar-refractivity contribution in [3.63, 3.8) is 0 Å². The van der Waals surface area contributed by atoms with Gasteiger partial charge in [0.1, 0.15) is 0 Å². The number of hydrogen-bond acceptors (Lipinski definition) is 2. The third kappa shape index (κ3) is 6.76. The van der Waals surface area contributed by atoms with Crippen molar-refractivity contribution < 1.29 is 9.21 Å². The molecule has 0 saturated carbocycles. The van der Waals surface area contributed by atoms with Gasteiger partial charge in [-0.1, -0.05) is 78.9 Å². The number of allylic oxidation sites excluding steroid dienone is 3. The van der Waals surface area contributed by atoms with Gasteiger partial charge in [0.05, 0.1) is 6.26 Å². The predicted molar refractivity (Wildman–Crippen MR) is 119 cm³/mol. The van der Waals surface area contributed by atoms with Crippen molar-refractivity contribution in [1.82, 2.24) is 0 Å². The lowest BCUT2D eigenvalue weighted by Crippen LogP contribution is -2.02. The first-order chi connectivity index (χ1) is 14.2. The normalized spacial score (nSPS) is 11.4. The largest absolute Gasteiger partial charge is 0.461 e. The Hall–Kier alpha value is -3.13. The average Bonchev–Trinajstić information content (AvgIpc) is 3.29. The van der Waals surface area contributed by atoms with Gasteiger partial charge in [-0.05, 0) is 60.9 Å². The SMILES string of the molecule is C=C(CCCc1ccccc1)/C(=C/CCc1ccccc1)CC(=O)c1ccco1. The van der Waals surface area contributed by atoms with Crippen molar-refractivity contribution >= 4 is 5.78 Å². The van der Waals surface area contributed by atoms with E-state index in [0.29, 0.717) is 12.2 Å². The molecule has 1 aromatic heterocycles. The maximum Gasteiger partial charge on any atom is 0.202 e. The number of benzene rings is 2. The quantitative estimate of drug-likeness (QED) is 0.263. The van der Waals surface area contributed by atoms with Crippen molar-refractivity contribution in [2.45, 2.75) is 38.5 Å². The molecule has 2 nitrogen and oxygen atoms in total. The summed E-state index contributed by atoms with van der Waals surface area (Å²) in [6.45, 7) is 4.30. The molecule has 0 N–H and O–H groups in total. The van der Waals surface area contributed by atoms with E-state index < -0.39 is 0 Å². The molecule has 0 fully saturated rings. The molecule has 3 aromatic rings. The van der Waals surface area contributed by atoms with Crippen LogP contribution in [0.3, 0.4) is 0 Å². The van der Waals surface area contributed by atoms with E-state index >= 15 is 0 Å². The van der Waals surface area contributed by atoms with Crippen LogP contribution in [-0.2, 0) is 12.8 Å². The van der Waals surface area contributed by atoms with Gasteiger partial charge >= 0.3 is 0 Å². The van der Waals surface area contributed by atoms with Gasteiger partial charge in [0.15, 0.2) is 5.76 Å². The van der Waals surface area contributed by atoms with Crippen LogP contribution in [0.25, 0.3) is 0 Å². The highest BCUT2D eigenvalue weighted by Crippen LogP contribution is 2.22. The molecule has 0 aliphatic carbocycles. The summed E-state index contributed by atoms with van der Waals surface area (Å²) in [4.78, 5) is 12.6. The molecule has 0 bridgehead atoms. The highest BCUT2D eigenvalue weighted by molar-refractivity contribution is 5.95. The third-order valence-electron chi connectivity index (χ3n) is 5.05. The molecule has 0 saturated heterocycles. The molecule has 0 unspecified atom stereocenters. The van der Waals surface area contributed by atoms with E-state index in [1.165, 1.54) is 11.1 Å². The first-order valence-electron chi connectivity index (χ1n) is 10.2. The highest BCUT2D eigenvalue weighted by atomic mass is 16.3. The second-order valence-corrected chi connectivity index (χ2v) is 7.27. The van der Waals surface area contributed by atoms with E-state index in [1.54, 1.807) is 18.4 Å². The summed E-state index contributed by atoms with van der Waals surface area (Å²) in [5.74, 6) is 0.418. The summed E-state index contributed by atoms with van der Waals surface area (Å²) >= 11 is 0. The van der Waals surface area contributed by atoms with Crippen LogP contribution in [0, 0.1) is 0 Å². The maximum absolute atomic E-state index is 12.6. The number of carbonyl (C=O) groups excluding carboxylic acids is 1. The fraction of sp³-hybridized carbons (Fsp3) is 0.222. The number of furan rings is 1. The maximum atomic E-state index is 12.6. The zero-order valence-corrected chi connectivity index (χ0v) is 16.8. The number of rotatable bonds is 11. The first-order valence-corrected chi connectivity index (χ1v) is 10.2. The van der Waals surface area contributed by atoms with E-state index in [0.717, 1.165) is 43.3 Å². The second kappa shape index (κ2) is 11.0. The second-order valence-electron chi connectivity index (χ2n) is 7.27. The van der Waals surface area contributed by atoms with Crippen LogP contribution < -0.4 is 0 Å². The van der Waals surface area contributed by atoms with E-state index in [2.05, 4.69) is 61.2 Å². The molecule has 3 rings (SSSR count). The molecular formula is C27H28O2. The molecule has 0 aliphatic heterocycles. The van der Waals surface area contributed by atoms with Crippen molar-refractivity contribution in [3.8, 4) is 0 Å². The van der Waals surface area contributed by atoms with E-state index in [-0.39, 0.29) is 5.78 Å². The summed E-state index contributed by atoms with van der Waals surface area (Å²) in [5.41, 5.74) is 4.72. The number of aryl methyl sites for hydroxylation is 2. The van der Waals surface area contributed by atoms with Gasteiger partial charge in [0, 0.05) is 6.42 Å². The van der Waals surface area contributed by atoms with Crippen LogP contribution >= 0.6 is 0 Å². The highest BCUT2D eigenvalue weighted by Gasteiger charge is 2.13. The summed E-state index contributed by atoms with van der Waals surface area (Å²) in [6, 6.07) is 24.4. The lowest BCUT2D eigenvalue weighted by Gasteiger charge is -2.11. The summed E-state index contributed by atoms with van der Waals surface area (Å²) in [6.07, 6.45) is 8.83. The summed E-state index contributed by atoms with van der Waals surface area (Å²) in [5, 5.41) is 0. The Labute approximate surface area is 173 Å². The summed E-state index contributed by atoms with van der Waals surface area (Å²) in [7, 11) is 0. The van der Waals surface area contributed by atoms with Gasteiger partial charge < -0.3 is 4.42 Å². The van der Waals surface area contributed by atoms with Crippen LogP contribution in [0.5, 0.6) is 0 Å². The minimum Gasteiger partial charge on any atom is -0.461 e. The Kier molecular flexibility index (Phi) is 7.82. The minimum atomic E-state index is 0.00479. The molecule has 29 heavy (non-hydrogen) atoms. The van der Waals surface area contributed by atoms with Crippen LogP contribution in [0.1, 0.15) is 47.4 Å². The lowest BCUT2D eigenvalue weighted by molar-refractivity contribution is 0.0966. The van der Waals surface area contributed by atoms with Gasteiger partial charge in [0.2, 0.25) is 5.78 Å². The number of Topliss-reactive ketones (excluding diaryl/α,β-unsaturated/α-hetero) is 1. The Morgan fingerprint density at radius 3 is 2.14 bits per heavy atom. The molecule has 2 aromatic carbocycles. The molecule has 0 spiro atoms. The standard InChI is InChI=1S/C27H28O2/c1-22(11-8-16-23-12-4-2-5-13-23)25(21-26(28)27-19-10-20-29-27)18-9-17-24-14-6-3-7-15-24/h2-7,10,12-15,18-20H,1,8-9,11,16-17,21H2/b25-18+. The van der Waals surface area contributed by atoms with Gasteiger partial charge in [-0.2, -0.15) is 0 Å². The summed E-state index contributed by atoms with van der Waals surface area (Å²) < 4.78 is 5.28. The zero-order chi connectivity index (χ0) is 20.3. The zero-order valence-electron chi connectivity index (χ0n) is 16.8. The predicted octanol–water partition coefficient (Wildman–Crippen LogP) is 6.99. The Morgan fingerprint density at radius 2 is 1.52 bits per heavy atom.